The number of rotatable bonds is 5. The second kappa shape index (κ2) is 6.85. The molecule has 0 saturated carbocycles. The molecule has 2 aromatic rings. The van der Waals surface area contributed by atoms with Gasteiger partial charge in [-0.25, -0.2) is 0 Å². The van der Waals surface area contributed by atoms with Gasteiger partial charge in [0.2, 0.25) is 0 Å². The van der Waals surface area contributed by atoms with Crippen molar-refractivity contribution in [2.45, 2.75) is 26.3 Å². The lowest BCUT2D eigenvalue weighted by Gasteiger charge is -2.14. The predicted octanol–water partition coefficient (Wildman–Crippen LogP) is 4.57. The number of fused-ring (bicyclic) bond motifs is 1. The molecule has 2 N–H and O–H groups in total. The predicted molar refractivity (Wildman–Crippen MR) is 97.7 cm³/mol. The first-order valence-corrected chi connectivity index (χ1v) is 8.74. The maximum atomic E-state index is 11.2. The first-order chi connectivity index (χ1) is 11.5. The third kappa shape index (κ3) is 3.26. The molecule has 0 amide bonds. The molecule has 1 aliphatic heterocycles. The van der Waals surface area contributed by atoms with Crippen molar-refractivity contribution < 1.29 is 14.6 Å². The maximum Gasteiger partial charge on any atom is 0.306 e. The molecule has 5 heteroatoms. The zero-order chi connectivity index (χ0) is 17.3. The Morgan fingerprint density at radius 2 is 2.21 bits per heavy atom. The van der Waals surface area contributed by atoms with Gasteiger partial charge in [0.05, 0.1) is 12.5 Å². The normalized spacial score (nSPS) is 17.0. The number of hydrogen-bond acceptors (Lipinski definition) is 3. The summed E-state index contributed by atoms with van der Waals surface area (Å²) in [5, 5.41) is 12.6. The summed E-state index contributed by atoms with van der Waals surface area (Å²) in [5.74, 6) is -0.541. The Morgan fingerprint density at radius 3 is 2.96 bits per heavy atom. The average Bonchev–Trinajstić information content (AvgIpc) is 2.98. The van der Waals surface area contributed by atoms with Gasteiger partial charge < -0.3 is 15.2 Å². The van der Waals surface area contributed by atoms with E-state index in [1.807, 2.05) is 30.3 Å². The standard InChI is InChI=1S/C19H20BrNO3/c1-11-13(4-3-5-17(11)20)9-21-14-6-7-15-16(12(2)19(22)23)10-24-18(15)8-14/h3-8,12,16,21H,9-10H2,1-2H3,(H,22,23)/t12?,16-/m0/s1. The molecule has 126 valence electrons. The average molecular weight is 390 g/mol. The topological polar surface area (TPSA) is 58.6 Å². The smallest absolute Gasteiger partial charge is 0.306 e. The van der Waals surface area contributed by atoms with E-state index in [9.17, 15) is 9.90 Å². The van der Waals surface area contributed by atoms with Gasteiger partial charge in [0.25, 0.3) is 0 Å². The number of benzene rings is 2. The summed E-state index contributed by atoms with van der Waals surface area (Å²) in [6, 6.07) is 12.1. The molecule has 0 saturated heterocycles. The van der Waals surface area contributed by atoms with Crippen molar-refractivity contribution >= 4 is 27.6 Å². The summed E-state index contributed by atoms with van der Waals surface area (Å²) >= 11 is 3.55. The Morgan fingerprint density at radius 1 is 1.42 bits per heavy atom. The fourth-order valence-electron chi connectivity index (χ4n) is 2.97. The second-order valence-electron chi connectivity index (χ2n) is 6.17. The van der Waals surface area contributed by atoms with Gasteiger partial charge >= 0.3 is 5.97 Å². The van der Waals surface area contributed by atoms with Gasteiger partial charge in [-0.3, -0.25) is 4.79 Å². The molecule has 1 unspecified atom stereocenters. The molecule has 1 aliphatic rings. The molecule has 24 heavy (non-hydrogen) atoms. The van der Waals surface area contributed by atoms with Gasteiger partial charge in [-0.1, -0.05) is 41.1 Å². The minimum Gasteiger partial charge on any atom is -0.493 e. The zero-order valence-corrected chi connectivity index (χ0v) is 15.3. The van der Waals surface area contributed by atoms with Crippen LogP contribution in [0.15, 0.2) is 40.9 Å². The number of ether oxygens (including phenoxy) is 1. The number of carbonyl (C=O) groups is 1. The molecule has 0 fully saturated rings. The van der Waals surface area contributed by atoms with E-state index in [1.165, 1.54) is 11.1 Å². The molecule has 1 heterocycles. The Bertz CT molecular complexity index is 775. The van der Waals surface area contributed by atoms with E-state index in [0.717, 1.165) is 28.0 Å². The monoisotopic (exact) mass is 389 g/mol. The van der Waals surface area contributed by atoms with Crippen LogP contribution in [0.4, 0.5) is 5.69 Å². The largest absolute Gasteiger partial charge is 0.493 e. The number of nitrogens with one attached hydrogen (secondary N) is 1. The second-order valence-corrected chi connectivity index (χ2v) is 7.03. The van der Waals surface area contributed by atoms with E-state index in [1.54, 1.807) is 6.92 Å². The van der Waals surface area contributed by atoms with Crippen molar-refractivity contribution in [3.05, 3.63) is 57.6 Å². The fourth-order valence-corrected chi connectivity index (χ4v) is 3.38. The molecule has 3 rings (SSSR count). The first kappa shape index (κ1) is 16.8. The SMILES string of the molecule is Cc1c(Br)cccc1CNc1ccc2c(c1)OC[C@H]2C(C)C(=O)O. The minimum absolute atomic E-state index is 0.0844. The van der Waals surface area contributed by atoms with Crippen molar-refractivity contribution in [3.8, 4) is 5.75 Å². The molecular formula is C19H20BrNO3. The Kier molecular flexibility index (Phi) is 4.81. The van der Waals surface area contributed by atoms with Gasteiger partial charge in [0.15, 0.2) is 0 Å². The summed E-state index contributed by atoms with van der Waals surface area (Å²) in [6.07, 6.45) is 0. The van der Waals surface area contributed by atoms with Crippen LogP contribution in [0.3, 0.4) is 0 Å². The third-order valence-corrected chi connectivity index (χ3v) is 5.55. The first-order valence-electron chi connectivity index (χ1n) is 7.94. The number of hydrogen-bond donors (Lipinski definition) is 2. The van der Waals surface area contributed by atoms with Crippen molar-refractivity contribution in [2.75, 3.05) is 11.9 Å². The number of carboxylic acid groups (broad SMARTS) is 1. The molecular weight excluding hydrogens is 370 g/mol. The summed E-state index contributed by atoms with van der Waals surface area (Å²) < 4.78 is 6.81. The van der Waals surface area contributed by atoms with Crippen LogP contribution in [0.25, 0.3) is 0 Å². The van der Waals surface area contributed by atoms with Gasteiger partial charge in [-0.05, 0) is 30.2 Å². The molecule has 0 spiro atoms. The number of carboxylic acids is 1. The highest BCUT2D eigenvalue weighted by molar-refractivity contribution is 9.10. The molecule has 2 aromatic carbocycles. The lowest BCUT2D eigenvalue weighted by atomic mass is 9.89. The molecule has 2 atom stereocenters. The third-order valence-electron chi connectivity index (χ3n) is 4.69. The molecule has 4 nitrogen and oxygen atoms in total. The van der Waals surface area contributed by atoms with E-state index in [4.69, 9.17) is 4.74 Å². The summed E-state index contributed by atoms with van der Waals surface area (Å²) in [6.45, 7) is 4.97. The number of aliphatic carboxylic acids is 1. The molecule has 0 radical (unpaired) electrons. The van der Waals surface area contributed by atoms with Crippen LogP contribution in [0.1, 0.15) is 29.5 Å². The summed E-state index contributed by atoms with van der Waals surface area (Å²) in [7, 11) is 0. The van der Waals surface area contributed by atoms with Gasteiger partial charge in [0, 0.05) is 34.3 Å². The highest BCUT2D eigenvalue weighted by Gasteiger charge is 2.32. The Labute approximate surface area is 150 Å². The van der Waals surface area contributed by atoms with Gasteiger partial charge in [-0.15, -0.1) is 0 Å². The van der Waals surface area contributed by atoms with Gasteiger partial charge in [0.1, 0.15) is 5.75 Å². The Balaban J connectivity index is 1.73. The van der Waals surface area contributed by atoms with Crippen LogP contribution < -0.4 is 10.1 Å². The summed E-state index contributed by atoms with van der Waals surface area (Å²) in [4.78, 5) is 11.2. The van der Waals surface area contributed by atoms with Crippen molar-refractivity contribution in [3.63, 3.8) is 0 Å². The van der Waals surface area contributed by atoms with E-state index in [0.29, 0.717) is 6.61 Å². The van der Waals surface area contributed by atoms with E-state index in [-0.39, 0.29) is 5.92 Å². The maximum absolute atomic E-state index is 11.2. The zero-order valence-electron chi connectivity index (χ0n) is 13.7. The van der Waals surface area contributed by atoms with Crippen LogP contribution in [-0.2, 0) is 11.3 Å². The van der Waals surface area contributed by atoms with Crippen LogP contribution in [0.5, 0.6) is 5.75 Å². The highest BCUT2D eigenvalue weighted by atomic mass is 79.9. The van der Waals surface area contributed by atoms with Crippen molar-refractivity contribution in [2.24, 2.45) is 5.92 Å². The van der Waals surface area contributed by atoms with Crippen molar-refractivity contribution in [1.29, 1.82) is 0 Å². The van der Waals surface area contributed by atoms with E-state index in [2.05, 4.69) is 34.2 Å². The molecule has 0 bridgehead atoms. The fraction of sp³-hybridized carbons (Fsp3) is 0.316. The summed E-state index contributed by atoms with van der Waals surface area (Å²) in [5.41, 5.74) is 4.40. The van der Waals surface area contributed by atoms with Crippen LogP contribution in [-0.4, -0.2) is 17.7 Å². The van der Waals surface area contributed by atoms with Crippen LogP contribution in [0, 0.1) is 12.8 Å². The lowest BCUT2D eigenvalue weighted by molar-refractivity contribution is -0.142. The minimum atomic E-state index is -0.788. The van der Waals surface area contributed by atoms with E-state index < -0.39 is 11.9 Å². The number of anilines is 1. The Hall–Kier alpha value is -2.01. The number of halogens is 1. The van der Waals surface area contributed by atoms with E-state index >= 15 is 0 Å². The molecule has 0 aliphatic carbocycles. The van der Waals surface area contributed by atoms with Crippen molar-refractivity contribution in [1.82, 2.24) is 0 Å². The van der Waals surface area contributed by atoms with Crippen LogP contribution in [0.2, 0.25) is 0 Å². The highest BCUT2D eigenvalue weighted by Crippen LogP contribution is 2.40. The van der Waals surface area contributed by atoms with Crippen LogP contribution >= 0.6 is 15.9 Å². The van der Waals surface area contributed by atoms with Gasteiger partial charge in [-0.2, -0.15) is 0 Å². The quantitative estimate of drug-likeness (QED) is 0.786. The molecule has 0 aromatic heterocycles. The lowest BCUT2D eigenvalue weighted by Crippen LogP contribution is -2.19.